The number of piperazine rings is 1. The van der Waals surface area contributed by atoms with E-state index in [1.54, 1.807) is 40.1 Å². The van der Waals surface area contributed by atoms with E-state index in [1.807, 2.05) is 0 Å². The van der Waals surface area contributed by atoms with Gasteiger partial charge in [0, 0.05) is 44.2 Å². The normalized spacial score (nSPS) is 14.8. The van der Waals surface area contributed by atoms with Gasteiger partial charge in [-0.15, -0.1) is 0 Å². The number of ether oxygens (including phenoxy) is 1. The summed E-state index contributed by atoms with van der Waals surface area (Å²) in [5, 5.41) is 0.616. The quantitative estimate of drug-likeness (QED) is 0.611. The molecular formula is C17H19ClN2O4. The lowest BCUT2D eigenvalue weighted by atomic mass is 10.2. The van der Waals surface area contributed by atoms with E-state index in [9.17, 15) is 14.4 Å². The summed E-state index contributed by atoms with van der Waals surface area (Å²) < 4.78 is 4.95. The van der Waals surface area contributed by atoms with Gasteiger partial charge < -0.3 is 14.5 Å². The summed E-state index contributed by atoms with van der Waals surface area (Å²) in [7, 11) is 0. The zero-order chi connectivity index (χ0) is 17.5. The van der Waals surface area contributed by atoms with Crippen LogP contribution in [-0.2, 0) is 19.1 Å². The van der Waals surface area contributed by atoms with Gasteiger partial charge in [-0.3, -0.25) is 9.59 Å². The Morgan fingerprint density at radius 1 is 1.08 bits per heavy atom. The topological polar surface area (TPSA) is 66.9 Å². The Bertz CT molecular complexity index is 634. The number of rotatable bonds is 4. The minimum absolute atomic E-state index is 0.000799. The lowest BCUT2D eigenvalue weighted by molar-refractivity contribution is -0.149. The van der Waals surface area contributed by atoms with Crippen LogP contribution in [0.25, 0.3) is 6.08 Å². The van der Waals surface area contributed by atoms with Crippen molar-refractivity contribution in [3.63, 3.8) is 0 Å². The number of carbonyl (C=O) groups excluding carboxylic acids is 3. The van der Waals surface area contributed by atoms with Crippen LogP contribution in [0.4, 0.5) is 0 Å². The number of benzene rings is 1. The minimum Gasteiger partial charge on any atom is -0.452 e. The van der Waals surface area contributed by atoms with Crippen LogP contribution < -0.4 is 0 Å². The van der Waals surface area contributed by atoms with Crippen LogP contribution in [0, 0.1) is 0 Å². The fraction of sp³-hybridized carbons (Fsp3) is 0.353. The Labute approximate surface area is 145 Å². The molecule has 0 spiro atoms. The van der Waals surface area contributed by atoms with Crippen LogP contribution in [0.3, 0.4) is 0 Å². The predicted molar refractivity (Wildman–Crippen MR) is 90.3 cm³/mol. The predicted octanol–water partition coefficient (Wildman–Crippen LogP) is 1.59. The number of amides is 2. The zero-order valence-corrected chi connectivity index (χ0v) is 14.2. The number of esters is 1. The molecule has 0 unspecified atom stereocenters. The van der Waals surface area contributed by atoms with Crippen molar-refractivity contribution in [3.8, 4) is 0 Å². The Balaban J connectivity index is 1.74. The van der Waals surface area contributed by atoms with Gasteiger partial charge in [0.2, 0.25) is 5.91 Å². The molecule has 128 valence electrons. The lowest BCUT2D eigenvalue weighted by Gasteiger charge is -2.34. The second-order valence-corrected chi connectivity index (χ2v) is 5.82. The molecule has 1 saturated heterocycles. The Kier molecular flexibility index (Phi) is 6.37. The van der Waals surface area contributed by atoms with E-state index in [2.05, 4.69) is 0 Å². The average molecular weight is 351 g/mol. The molecule has 7 heteroatoms. The Morgan fingerprint density at radius 3 is 2.25 bits per heavy atom. The van der Waals surface area contributed by atoms with E-state index >= 15 is 0 Å². The van der Waals surface area contributed by atoms with Crippen LogP contribution in [0.2, 0.25) is 5.02 Å². The SMILES string of the molecule is CC(=O)N1CCN(C(=O)COC(=O)/C=C/c2ccc(Cl)cc2)CC1. The largest absolute Gasteiger partial charge is 0.452 e. The van der Waals surface area contributed by atoms with Crippen molar-refractivity contribution < 1.29 is 19.1 Å². The van der Waals surface area contributed by atoms with Gasteiger partial charge in [-0.05, 0) is 23.8 Å². The molecule has 24 heavy (non-hydrogen) atoms. The summed E-state index contributed by atoms with van der Waals surface area (Å²) in [5.41, 5.74) is 0.808. The van der Waals surface area contributed by atoms with E-state index in [0.717, 1.165) is 5.56 Å². The highest BCUT2D eigenvalue weighted by atomic mass is 35.5. The maximum atomic E-state index is 12.0. The second kappa shape index (κ2) is 8.49. The van der Waals surface area contributed by atoms with Crippen LogP contribution in [0.15, 0.2) is 30.3 Å². The van der Waals surface area contributed by atoms with Crippen molar-refractivity contribution in [1.29, 1.82) is 0 Å². The fourth-order valence-corrected chi connectivity index (χ4v) is 2.41. The molecule has 1 aliphatic heterocycles. The molecule has 1 aromatic rings. The van der Waals surface area contributed by atoms with Gasteiger partial charge in [-0.2, -0.15) is 0 Å². The van der Waals surface area contributed by atoms with E-state index in [0.29, 0.717) is 31.2 Å². The zero-order valence-electron chi connectivity index (χ0n) is 13.4. The highest BCUT2D eigenvalue weighted by Gasteiger charge is 2.22. The molecule has 2 rings (SSSR count). The van der Waals surface area contributed by atoms with E-state index in [-0.39, 0.29) is 18.4 Å². The first-order valence-corrected chi connectivity index (χ1v) is 7.97. The first-order valence-electron chi connectivity index (χ1n) is 7.59. The number of carbonyl (C=O) groups is 3. The molecule has 6 nitrogen and oxygen atoms in total. The summed E-state index contributed by atoms with van der Waals surface area (Å²) >= 11 is 5.78. The average Bonchev–Trinajstić information content (AvgIpc) is 2.59. The standard InChI is InChI=1S/C17H19ClN2O4/c1-13(21)19-8-10-20(11-9-19)16(22)12-24-17(23)7-4-14-2-5-15(18)6-3-14/h2-7H,8-12H2,1H3/b7-4+. The van der Waals surface area contributed by atoms with E-state index < -0.39 is 5.97 Å². The summed E-state index contributed by atoms with van der Waals surface area (Å²) in [6.07, 6.45) is 2.86. The maximum absolute atomic E-state index is 12.0. The fourth-order valence-electron chi connectivity index (χ4n) is 2.28. The molecule has 0 radical (unpaired) electrons. The molecule has 1 aromatic carbocycles. The van der Waals surface area contributed by atoms with Crippen molar-refractivity contribution in [2.24, 2.45) is 0 Å². The molecule has 1 fully saturated rings. The molecule has 0 atom stereocenters. The van der Waals surface area contributed by atoms with Crippen molar-refractivity contribution in [2.45, 2.75) is 6.92 Å². The molecule has 0 bridgehead atoms. The van der Waals surface area contributed by atoms with E-state index in [1.165, 1.54) is 13.0 Å². The van der Waals surface area contributed by atoms with Gasteiger partial charge in [0.25, 0.3) is 5.91 Å². The minimum atomic E-state index is -0.583. The number of hydrogen-bond acceptors (Lipinski definition) is 4. The molecule has 1 heterocycles. The second-order valence-electron chi connectivity index (χ2n) is 5.38. The van der Waals surface area contributed by atoms with Crippen molar-refractivity contribution in [1.82, 2.24) is 9.80 Å². The summed E-state index contributed by atoms with van der Waals surface area (Å²) in [6.45, 7) is 3.13. The molecule has 2 amide bonds. The van der Waals surface area contributed by atoms with Gasteiger partial charge in [0.15, 0.2) is 6.61 Å². The van der Waals surface area contributed by atoms with Gasteiger partial charge in [0.1, 0.15) is 0 Å². The summed E-state index contributed by atoms with van der Waals surface area (Å²) in [4.78, 5) is 38.2. The highest BCUT2D eigenvalue weighted by molar-refractivity contribution is 6.30. The first kappa shape index (κ1) is 18.0. The molecule has 1 aliphatic rings. The third-order valence-corrected chi connectivity index (χ3v) is 3.95. The van der Waals surface area contributed by atoms with Crippen molar-refractivity contribution >= 4 is 35.5 Å². The van der Waals surface area contributed by atoms with Gasteiger partial charge in [-0.1, -0.05) is 23.7 Å². The summed E-state index contributed by atoms with van der Waals surface area (Å²) in [6, 6.07) is 6.98. The van der Waals surface area contributed by atoms with Crippen molar-refractivity contribution in [2.75, 3.05) is 32.8 Å². The number of nitrogens with zero attached hydrogens (tertiary/aromatic N) is 2. The summed E-state index contributed by atoms with van der Waals surface area (Å²) in [5.74, 6) is -0.840. The Hall–Kier alpha value is -2.34. The number of hydrogen-bond donors (Lipinski definition) is 0. The van der Waals surface area contributed by atoms with Crippen LogP contribution in [0.5, 0.6) is 0 Å². The van der Waals surface area contributed by atoms with Crippen LogP contribution >= 0.6 is 11.6 Å². The first-order chi connectivity index (χ1) is 11.5. The van der Waals surface area contributed by atoms with Gasteiger partial charge >= 0.3 is 5.97 Å². The molecule has 0 aromatic heterocycles. The monoisotopic (exact) mass is 350 g/mol. The molecular weight excluding hydrogens is 332 g/mol. The van der Waals surface area contributed by atoms with Crippen LogP contribution in [-0.4, -0.2) is 60.4 Å². The molecule has 0 N–H and O–H groups in total. The van der Waals surface area contributed by atoms with Crippen molar-refractivity contribution in [3.05, 3.63) is 40.9 Å². The smallest absolute Gasteiger partial charge is 0.331 e. The third kappa shape index (κ3) is 5.38. The van der Waals surface area contributed by atoms with Crippen LogP contribution in [0.1, 0.15) is 12.5 Å². The Morgan fingerprint density at radius 2 is 1.67 bits per heavy atom. The maximum Gasteiger partial charge on any atom is 0.331 e. The van der Waals surface area contributed by atoms with Gasteiger partial charge in [-0.25, -0.2) is 4.79 Å². The molecule has 0 saturated carbocycles. The number of halogens is 1. The third-order valence-electron chi connectivity index (χ3n) is 3.70. The van der Waals surface area contributed by atoms with Gasteiger partial charge in [0.05, 0.1) is 0 Å². The molecule has 0 aliphatic carbocycles. The highest BCUT2D eigenvalue weighted by Crippen LogP contribution is 2.10. The lowest BCUT2D eigenvalue weighted by Crippen LogP contribution is -2.51. The van der Waals surface area contributed by atoms with E-state index in [4.69, 9.17) is 16.3 Å².